The Labute approximate surface area is 121 Å². The van der Waals surface area contributed by atoms with Crippen molar-refractivity contribution in [1.82, 2.24) is 9.88 Å². The van der Waals surface area contributed by atoms with Gasteiger partial charge in [0.15, 0.2) is 0 Å². The molecule has 2 atom stereocenters. The number of pyridine rings is 1. The van der Waals surface area contributed by atoms with Gasteiger partial charge in [-0.1, -0.05) is 20.8 Å². The standard InChI is InChI=1S/C16H25N3O/c1-4-7-18-15-10-17-8-5-14(15)16(20)19-9-6-12(2)13(3)11-19/h5,8,10,12-13,18H,4,6-7,9,11H2,1-3H3. The Morgan fingerprint density at radius 3 is 2.95 bits per heavy atom. The van der Waals surface area contributed by atoms with Crippen molar-refractivity contribution in [2.75, 3.05) is 25.0 Å². The van der Waals surface area contributed by atoms with Crippen LogP contribution < -0.4 is 5.32 Å². The molecule has 0 bridgehead atoms. The van der Waals surface area contributed by atoms with Gasteiger partial charge in [0, 0.05) is 25.8 Å². The van der Waals surface area contributed by atoms with Gasteiger partial charge in [0.25, 0.3) is 5.91 Å². The van der Waals surface area contributed by atoms with E-state index in [2.05, 4.69) is 31.1 Å². The van der Waals surface area contributed by atoms with Crippen LogP contribution in [0.2, 0.25) is 0 Å². The molecule has 0 aromatic carbocycles. The van der Waals surface area contributed by atoms with Gasteiger partial charge in [0.1, 0.15) is 0 Å². The molecular formula is C16H25N3O. The first-order valence-corrected chi connectivity index (χ1v) is 7.60. The summed E-state index contributed by atoms with van der Waals surface area (Å²) in [5, 5.41) is 3.29. The summed E-state index contributed by atoms with van der Waals surface area (Å²) in [5.41, 5.74) is 1.60. The second kappa shape index (κ2) is 6.73. The number of nitrogens with zero attached hydrogens (tertiary/aromatic N) is 2. The number of nitrogens with one attached hydrogen (secondary N) is 1. The third kappa shape index (κ3) is 3.30. The van der Waals surface area contributed by atoms with Crippen LogP contribution >= 0.6 is 0 Å². The van der Waals surface area contributed by atoms with E-state index in [1.807, 2.05) is 11.0 Å². The molecule has 1 aliphatic rings. The number of rotatable bonds is 4. The number of hydrogen-bond donors (Lipinski definition) is 1. The lowest BCUT2D eigenvalue weighted by atomic mass is 9.88. The van der Waals surface area contributed by atoms with Crippen LogP contribution in [0.15, 0.2) is 18.5 Å². The highest BCUT2D eigenvalue weighted by Crippen LogP contribution is 2.25. The summed E-state index contributed by atoms with van der Waals surface area (Å²) in [6, 6.07) is 1.82. The van der Waals surface area contributed by atoms with Crippen molar-refractivity contribution in [3.63, 3.8) is 0 Å². The maximum absolute atomic E-state index is 12.7. The molecule has 0 aliphatic carbocycles. The van der Waals surface area contributed by atoms with Gasteiger partial charge in [-0.15, -0.1) is 0 Å². The van der Waals surface area contributed by atoms with Crippen molar-refractivity contribution in [3.8, 4) is 0 Å². The SMILES string of the molecule is CCCNc1cnccc1C(=O)N1CCC(C)C(C)C1. The number of piperidine rings is 1. The number of anilines is 1. The van der Waals surface area contributed by atoms with Crippen molar-refractivity contribution >= 4 is 11.6 Å². The van der Waals surface area contributed by atoms with Crippen molar-refractivity contribution < 1.29 is 4.79 Å². The van der Waals surface area contributed by atoms with Crippen LogP contribution in [0, 0.1) is 11.8 Å². The Bertz CT molecular complexity index is 461. The van der Waals surface area contributed by atoms with E-state index in [4.69, 9.17) is 0 Å². The molecule has 1 aromatic rings. The van der Waals surface area contributed by atoms with Gasteiger partial charge in [-0.25, -0.2) is 0 Å². The molecule has 20 heavy (non-hydrogen) atoms. The van der Waals surface area contributed by atoms with E-state index in [9.17, 15) is 4.79 Å². The minimum absolute atomic E-state index is 0.129. The lowest BCUT2D eigenvalue weighted by molar-refractivity contribution is 0.0628. The first-order chi connectivity index (χ1) is 9.63. The van der Waals surface area contributed by atoms with Gasteiger partial charge < -0.3 is 10.2 Å². The molecule has 1 aromatic heterocycles. The smallest absolute Gasteiger partial charge is 0.256 e. The molecule has 1 saturated heterocycles. The van der Waals surface area contributed by atoms with Gasteiger partial charge in [0.05, 0.1) is 17.4 Å². The molecule has 0 radical (unpaired) electrons. The van der Waals surface area contributed by atoms with Crippen LogP contribution in [0.5, 0.6) is 0 Å². The number of hydrogen-bond acceptors (Lipinski definition) is 3. The van der Waals surface area contributed by atoms with Crippen molar-refractivity contribution in [2.24, 2.45) is 11.8 Å². The number of amides is 1. The highest BCUT2D eigenvalue weighted by Gasteiger charge is 2.27. The zero-order chi connectivity index (χ0) is 14.5. The van der Waals surface area contributed by atoms with Crippen LogP contribution in [-0.4, -0.2) is 35.4 Å². The lowest BCUT2D eigenvalue weighted by Crippen LogP contribution is -2.42. The monoisotopic (exact) mass is 275 g/mol. The van der Waals surface area contributed by atoms with Crippen LogP contribution in [0.25, 0.3) is 0 Å². The zero-order valence-corrected chi connectivity index (χ0v) is 12.7. The minimum atomic E-state index is 0.129. The van der Waals surface area contributed by atoms with Gasteiger partial charge in [0.2, 0.25) is 0 Å². The molecule has 1 fully saturated rings. The van der Waals surface area contributed by atoms with Crippen LogP contribution in [-0.2, 0) is 0 Å². The summed E-state index contributed by atoms with van der Waals surface area (Å²) < 4.78 is 0. The molecule has 0 spiro atoms. The zero-order valence-electron chi connectivity index (χ0n) is 12.7. The van der Waals surface area contributed by atoms with Gasteiger partial charge >= 0.3 is 0 Å². The molecule has 1 aliphatic heterocycles. The second-order valence-electron chi connectivity index (χ2n) is 5.84. The fraction of sp³-hybridized carbons (Fsp3) is 0.625. The molecule has 110 valence electrons. The predicted molar refractivity (Wildman–Crippen MR) is 81.9 cm³/mol. The van der Waals surface area contributed by atoms with Crippen LogP contribution in [0.1, 0.15) is 44.0 Å². The molecule has 1 amide bonds. The quantitative estimate of drug-likeness (QED) is 0.918. The molecular weight excluding hydrogens is 250 g/mol. The topological polar surface area (TPSA) is 45.2 Å². The Kier molecular flexibility index (Phi) is 4.99. The third-order valence-electron chi connectivity index (χ3n) is 4.24. The van der Waals surface area contributed by atoms with Gasteiger partial charge in [-0.05, 0) is 30.7 Å². The van der Waals surface area contributed by atoms with Crippen molar-refractivity contribution in [3.05, 3.63) is 24.0 Å². The van der Waals surface area contributed by atoms with Crippen molar-refractivity contribution in [1.29, 1.82) is 0 Å². The van der Waals surface area contributed by atoms with E-state index >= 15 is 0 Å². The van der Waals surface area contributed by atoms with Crippen LogP contribution in [0.3, 0.4) is 0 Å². The van der Waals surface area contributed by atoms with E-state index in [0.29, 0.717) is 11.8 Å². The summed E-state index contributed by atoms with van der Waals surface area (Å²) in [6.07, 6.45) is 5.57. The molecule has 0 saturated carbocycles. The second-order valence-corrected chi connectivity index (χ2v) is 5.84. The largest absolute Gasteiger partial charge is 0.383 e. The fourth-order valence-corrected chi connectivity index (χ4v) is 2.60. The summed E-state index contributed by atoms with van der Waals surface area (Å²) in [5.74, 6) is 1.40. The first kappa shape index (κ1) is 14.8. The molecule has 1 N–H and O–H groups in total. The van der Waals surface area contributed by atoms with E-state index in [-0.39, 0.29) is 5.91 Å². The van der Waals surface area contributed by atoms with E-state index in [1.165, 1.54) is 0 Å². The number of likely N-dealkylation sites (tertiary alicyclic amines) is 1. The van der Waals surface area contributed by atoms with Gasteiger partial charge in [-0.3, -0.25) is 9.78 Å². The molecule has 2 rings (SSSR count). The Morgan fingerprint density at radius 1 is 1.45 bits per heavy atom. The maximum atomic E-state index is 12.7. The molecule has 2 unspecified atom stereocenters. The maximum Gasteiger partial charge on any atom is 0.256 e. The third-order valence-corrected chi connectivity index (χ3v) is 4.24. The lowest BCUT2D eigenvalue weighted by Gasteiger charge is -2.35. The number of aromatic nitrogens is 1. The summed E-state index contributed by atoms with van der Waals surface area (Å²) in [7, 11) is 0. The minimum Gasteiger partial charge on any atom is -0.383 e. The Hall–Kier alpha value is -1.58. The van der Waals surface area contributed by atoms with Crippen LogP contribution in [0.4, 0.5) is 5.69 Å². The summed E-state index contributed by atoms with van der Waals surface area (Å²) in [4.78, 5) is 18.8. The molecule has 2 heterocycles. The Morgan fingerprint density at radius 2 is 2.25 bits per heavy atom. The average molecular weight is 275 g/mol. The number of carbonyl (C=O) groups is 1. The average Bonchev–Trinajstić information content (AvgIpc) is 2.47. The van der Waals surface area contributed by atoms with Gasteiger partial charge in [-0.2, -0.15) is 0 Å². The van der Waals surface area contributed by atoms with E-state index in [0.717, 1.165) is 43.7 Å². The van der Waals surface area contributed by atoms with E-state index in [1.54, 1.807) is 12.4 Å². The fourth-order valence-electron chi connectivity index (χ4n) is 2.60. The number of carbonyl (C=O) groups excluding carboxylic acids is 1. The highest BCUT2D eigenvalue weighted by molar-refractivity contribution is 5.99. The molecule has 4 nitrogen and oxygen atoms in total. The summed E-state index contributed by atoms with van der Waals surface area (Å²) in [6.45, 7) is 9.19. The Balaban J connectivity index is 2.12. The first-order valence-electron chi connectivity index (χ1n) is 7.60. The highest BCUT2D eigenvalue weighted by atomic mass is 16.2. The summed E-state index contributed by atoms with van der Waals surface area (Å²) >= 11 is 0. The molecule has 4 heteroatoms. The predicted octanol–water partition coefficient (Wildman–Crippen LogP) is 3.02. The normalized spacial score (nSPS) is 22.6. The van der Waals surface area contributed by atoms with E-state index < -0.39 is 0 Å². The van der Waals surface area contributed by atoms with Crippen molar-refractivity contribution in [2.45, 2.75) is 33.6 Å².